The molecule has 2 aromatic rings. The zero-order chi connectivity index (χ0) is 20.8. The summed E-state index contributed by atoms with van der Waals surface area (Å²) in [6.45, 7) is 1.10. The number of hydrogen-bond donors (Lipinski definition) is 4. The number of aliphatic hydroxyl groups excluding tert-OH is 2. The van der Waals surface area contributed by atoms with Crippen LogP contribution in [-0.2, 0) is 4.84 Å². The lowest BCUT2D eigenvalue weighted by Crippen LogP contribution is -2.27. The van der Waals surface area contributed by atoms with Crippen LogP contribution in [0.15, 0.2) is 24.3 Å². The Bertz CT molecular complexity index is 867. The Kier molecular flexibility index (Phi) is 8.04. The minimum atomic E-state index is -1.71. The van der Waals surface area contributed by atoms with E-state index in [9.17, 15) is 23.1 Å². The summed E-state index contributed by atoms with van der Waals surface area (Å²) in [6, 6.07) is 5.69. The van der Waals surface area contributed by atoms with Crippen LogP contribution in [0.3, 0.4) is 0 Å². The minimum absolute atomic E-state index is 0.0237. The standard InChI is InChI=1S/C18H18F3IN2O4/c1-9-6-10(22)2-3-14(9)23-17-12(7-13(19)15(20)16(17)21)18(27)24-28-5-4-11(26)8-25/h2-3,6-7,11,23,25-26H,4-5,8H2,1H3,(H,24,27). The molecule has 1 unspecified atom stereocenters. The predicted octanol–water partition coefficient (Wildman–Crippen LogP) is 3.17. The van der Waals surface area contributed by atoms with Crippen molar-refractivity contribution in [2.24, 2.45) is 0 Å². The third-order valence-electron chi connectivity index (χ3n) is 3.78. The van der Waals surface area contributed by atoms with Crippen LogP contribution in [-0.4, -0.2) is 35.4 Å². The maximum atomic E-state index is 14.4. The van der Waals surface area contributed by atoms with Gasteiger partial charge >= 0.3 is 0 Å². The van der Waals surface area contributed by atoms with Gasteiger partial charge < -0.3 is 15.5 Å². The van der Waals surface area contributed by atoms with E-state index < -0.39 is 47.3 Å². The average Bonchev–Trinajstić information content (AvgIpc) is 2.66. The molecule has 0 bridgehead atoms. The number of anilines is 2. The second-order valence-electron chi connectivity index (χ2n) is 5.90. The van der Waals surface area contributed by atoms with Crippen molar-refractivity contribution in [3.05, 3.63) is 56.4 Å². The number of hydrogen-bond acceptors (Lipinski definition) is 5. The van der Waals surface area contributed by atoms with Gasteiger partial charge in [0.2, 0.25) is 0 Å². The lowest BCUT2D eigenvalue weighted by atomic mass is 10.1. The van der Waals surface area contributed by atoms with Crippen LogP contribution in [0.25, 0.3) is 0 Å². The van der Waals surface area contributed by atoms with Gasteiger partial charge in [0.25, 0.3) is 5.91 Å². The molecule has 1 amide bonds. The van der Waals surface area contributed by atoms with Crippen molar-refractivity contribution >= 4 is 39.9 Å². The molecule has 0 heterocycles. The van der Waals surface area contributed by atoms with E-state index in [1.807, 2.05) is 5.48 Å². The maximum absolute atomic E-state index is 14.4. The van der Waals surface area contributed by atoms with E-state index in [0.717, 1.165) is 3.57 Å². The molecule has 10 heteroatoms. The van der Waals surface area contributed by atoms with Crippen molar-refractivity contribution in [1.82, 2.24) is 5.48 Å². The summed E-state index contributed by atoms with van der Waals surface area (Å²) in [4.78, 5) is 17.1. The molecule has 0 aliphatic rings. The Hall–Kier alpha value is -1.89. The molecule has 1 atom stereocenters. The molecular formula is C18H18F3IN2O4. The van der Waals surface area contributed by atoms with Gasteiger partial charge in [0.1, 0.15) is 0 Å². The zero-order valence-corrected chi connectivity index (χ0v) is 16.9. The number of nitrogens with one attached hydrogen (secondary N) is 2. The first kappa shape index (κ1) is 22.4. The average molecular weight is 510 g/mol. The SMILES string of the molecule is Cc1cc(I)ccc1Nc1c(C(=O)NOCCC(O)CO)cc(F)c(F)c1F. The molecule has 0 saturated heterocycles. The summed E-state index contributed by atoms with van der Waals surface area (Å²) >= 11 is 2.09. The number of aryl methyl sites for hydroxylation is 1. The summed E-state index contributed by atoms with van der Waals surface area (Å²) in [5, 5.41) is 20.5. The summed E-state index contributed by atoms with van der Waals surface area (Å²) in [6.07, 6.45) is -1.01. The third-order valence-corrected chi connectivity index (χ3v) is 4.45. The highest BCUT2D eigenvalue weighted by Crippen LogP contribution is 2.30. The smallest absolute Gasteiger partial charge is 0.277 e. The zero-order valence-electron chi connectivity index (χ0n) is 14.7. The molecule has 0 fully saturated rings. The Balaban J connectivity index is 2.26. The van der Waals surface area contributed by atoms with E-state index in [0.29, 0.717) is 17.3 Å². The van der Waals surface area contributed by atoms with Crippen molar-refractivity contribution in [1.29, 1.82) is 0 Å². The van der Waals surface area contributed by atoms with Crippen molar-refractivity contribution in [3.8, 4) is 0 Å². The predicted molar refractivity (Wildman–Crippen MR) is 105 cm³/mol. The van der Waals surface area contributed by atoms with Crippen LogP contribution in [0, 0.1) is 27.9 Å². The summed E-state index contributed by atoms with van der Waals surface area (Å²) in [7, 11) is 0. The molecule has 0 saturated carbocycles. The molecule has 0 aliphatic heterocycles. The van der Waals surface area contributed by atoms with E-state index >= 15 is 0 Å². The monoisotopic (exact) mass is 510 g/mol. The molecule has 28 heavy (non-hydrogen) atoms. The summed E-state index contributed by atoms with van der Waals surface area (Å²) in [5.74, 6) is -5.79. The first-order valence-corrected chi connectivity index (χ1v) is 9.24. The molecule has 2 aromatic carbocycles. The number of rotatable bonds is 8. The quantitative estimate of drug-likeness (QED) is 0.190. The number of aliphatic hydroxyl groups is 2. The Morgan fingerprint density at radius 1 is 1.25 bits per heavy atom. The van der Waals surface area contributed by atoms with E-state index in [-0.39, 0.29) is 13.0 Å². The Labute approximate surface area is 172 Å². The Morgan fingerprint density at radius 2 is 1.96 bits per heavy atom. The second-order valence-corrected chi connectivity index (χ2v) is 7.14. The largest absolute Gasteiger partial charge is 0.394 e. The fourth-order valence-corrected chi connectivity index (χ4v) is 2.90. The maximum Gasteiger partial charge on any atom is 0.277 e. The van der Waals surface area contributed by atoms with Crippen LogP contribution < -0.4 is 10.8 Å². The van der Waals surface area contributed by atoms with Crippen LogP contribution in [0.2, 0.25) is 0 Å². The highest BCUT2D eigenvalue weighted by molar-refractivity contribution is 14.1. The van der Waals surface area contributed by atoms with E-state index in [1.54, 1.807) is 25.1 Å². The van der Waals surface area contributed by atoms with E-state index in [1.165, 1.54) is 0 Å². The topological polar surface area (TPSA) is 90.8 Å². The van der Waals surface area contributed by atoms with Crippen molar-refractivity contribution in [3.63, 3.8) is 0 Å². The van der Waals surface area contributed by atoms with E-state index in [4.69, 9.17) is 9.94 Å². The van der Waals surface area contributed by atoms with Crippen LogP contribution in [0.1, 0.15) is 22.3 Å². The minimum Gasteiger partial charge on any atom is -0.394 e. The van der Waals surface area contributed by atoms with Gasteiger partial charge in [-0.2, -0.15) is 0 Å². The van der Waals surface area contributed by atoms with Crippen LogP contribution in [0.5, 0.6) is 0 Å². The third kappa shape index (κ3) is 5.56. The molecule has 6 nitrogen and oxygen atoms in total. The van der Waals surface area contributed by atoms with Crippen molar-refractivity contribution < 1.29 is 33.0 Å². The van der Waals surface area contributed by atoms with Gasteiger partial charge in [0, 0.05) is 15.7 Å². The van der Waals surface area contributed by atoms with Crippen LogP contribution in [0.4, 0.5) is 24.5 Å². The van der Waals surface area contributed by atoms with Gasteiger partial charge in [-0.05, 0) is 59.3 Å². The normalized spacial score (nSPS) is 12.0. The van der Waals surface area contributed by atoms with E-state index in [2.05, 4.69) is 27.9 Å². The number of benzene rings is 2. The molecule has 2 rings (SSSR count). The highest BCUT2D eigenvalue weighted by Gasteiger charge is 2.23. The number of amides is 1. The Morgan fingerprint density at radius 3 is 2.61 bits per heavy atom. The number of hydroxylamine groups is 1. The first-order valence-electron chi connectivity index (χ1n) is 8.16. The number of halogens is 4. The molecule has 0 radical (unpaired) electrons. The summed E-state index contributed by atoms with van der Waals surface area (Å²) < 4.78 is 42.7. The molecular weight excluding hydrogens is 492 g/mol. The first-order chi connectivity index (χ1) is 13.2. The lowest BCUT2D eigenvalue weighted by Gasteiger charge is -2.16. The molecule has 0 aromatic heterocycles. The molecule has 4 N–H and O–H groups in total. The summed E-state index contributed by atoms with van der Waals surface area (Å²) in [5.41, 5.74) is 2.04. The van der Waals surface area contributed by atoms with Crippen LogP contribution >= 0.6 is 22.6 Å². The molecule has 0 aliphatic carbocycles. The second kappa shape index (κ2) is 10.0. The van der Waals surface area contributed by atoms with Gasteiger partial charge in [-0.15, -0.1) is 0 Å². The molecule has 152 valence electrons. The van der Waals surface area contributed by atoms with Gasteiger partial charge in [0.05, 0.1) is 30.6 Å². The lowest BCUT2D eigenvalue weighted by molar-refractivity contribution is 0.00702. The fourth-order valence-electron chi connectivity index (χ4n) is 2.26. The molecule has 0 spiro atoms. The number of carbonyl (C=O) groups is 1. The van der Waals surface area contributed by atoms with Gasteiger partial charge in [-0.3, -0.25) is 9.63 Å². The van der Waals surface area contributed by atoms with Crippen molar-refractivity contribution in [2.45, 2.75) is 19.4 Å². The van der Waals surface area contributed by atoms with Gasteiger partial charge in [-0.1, -0.05) is 0 Å². The number of carbonyl (C=O) groups excluding carboxylic acids is 1. The fraction of sp³-hybridized carbons (Fsp3) is 0.278. The van der Waals surface area contributed by atoms with Gasteiger partial charge in [-0.25, -0.2) is 18.7 Å². The van der Waals surface area contributed by atoms with Crippen molar-refractivity contribution in [2.75, 3.05) is 18.5 Å². The van der Waals surface area contributed by atoms with Gasteiger partial charge in [0.15, 0.2) is 17.5 Å². The highest BCUT2D eigenvalue weighted by atomic mass is 127.